The Labute approximate surface area is 208 Å². The van der Waals surface area contributed by atoms with Crippen molar-refractivity contribution in [2.45, 2.75) is 25.4 Å². The lowest BCUT2D eigenvalue weighted by atomic mass is 9.97. The molecule has 0 saturated carbocycles. The van der Waals surface area contributed by atoms with E-state index in [1.807, 2.05) is 30.3 Å². The number of rotatable bonds is 6. The number of halogens is 1. The molecule has 5 rings (SSSR count). The lowest BCUT2D eigenvalue weighted by molar-refractivity contribution is -0.115. The minimum absolute atomic E-state index is 0.0162. The van der Waals surface area contributed by atoms with E-state index in [1.54, 1.807) is 36.4 Å². The van der Waals surface area contributed by atoms with Crippen LogP contribution in [-0.4, -0.2) is 34.7 Å². The van der Waals surface area contributed by atoms with Crippen LogP contribution in [0.4, 0.5) is 5.82 Å². The molecule has 6 nitrogen and oxygen atoms in total. The predicted octanol–water partition coefficient (Wildman–Crippen LogP) is 5.41. The number of allylic oxidation sites excluding steroid dienone is 1. The Balaban J connectivity index is 1.26. The third kappa shape index (κ3) is 4.45. The highest BCUT2D eigenvalue weighted by molar-refractivity contribution is 6.32. The number of carbonyl (C=O) groups is 2. The van der Waals surface area contributed by atoms with Gasteiger partial charge >= 0.3 is 0 Å². The number of pyridine rings is 1. The quantitative estimate of drug-likeness (QED) is 0.472. The van der Waals surface area contributed by atoms with E-state index in [9.17, 15) is 9.59 Å². The van der Waals surface area contributed by atoms with Crippen molar-refractivity contribution >= 4 is 40.9 Å². The van der Waals surface area contributed by atoms with Crippen LogP contribution in [0.1, 0.15) is 39.9 Å². The molecule has 2 aromatic carbocycles. The number of hydrogen-bond donors (Lipinski definition) is 1. The number of fused-ring (bicyclic) bond motifs is 2. The second-order valence-electron chi connectivity index (χ2n) is 8.82. The molecule has 2 aliphatic rings. The molecule has 0 radical (unpaired) electrons. The molecule has 7 heteroatoms. The number of nitrogens with zero attached hydrogens (tertiary/aromatic N) is 2. The number of carbonyl (C=O) groups excluding carboxylic acids is 2. The predicted molar refractivity (Wildman–Crippen MR) is 138 cm³/mol. The number of aromatic nitrogens is 1. The van der Waals surface area contributed by atoms with Crippen LogP contribution < -0.4 is 10.5 Å². The van der Waals surface area contributed by atoms with Crippen LogP contribution in [0.15, 0.2) is 61.3 Å². The fourth-order valence-corrected chi connectivity index (χ4v) is 4.73. The topological polar surface area (TPSA) is 85.5 Å². The van der Waals surface area contributed by atoms with Crippen LogP contribution in [-0.2, 0) is 11.2 Å². The Kier molecular flexibility index (Phi) is 5.91. The van der Waals surface area contributed by atoms with E-state index < -0.39 is 0 Å². The number of nitrogen functional groups attached to an aromatic ring is 1. The summed E-state index contributed by atoms with van der Waals surface area (Å²) in [5.74, 6) is 1.06. The SMILES string of the molecule is C=C1c2ccc(-c3cc(Cl)c4c(c3)CC(CCC(=O)/C=C/c3ccc(N)nc3)O4)cc2C(=O)N1C. The molecule has 0 bridgehead atoms. The molecule has 1 unspecified atom stereocenters. The van der Waals surface area contributed by atoms with Crippen LogP contribution in [0, 0.1) is 0 Å². The molecule has 2 aliphatic heterocycles. The van der Waals surface area contributed by atoms with Crippen molar-refractivity contribution in [3.05, 3.63) is 88.6 Å². The summed E-state index contributed by atoms with van der Waals surface area (Å²) in [6.07, 6.45) is 6.42. The van der Waals surface area contributed by atoms with Crippen molar-refractivity contribution in [3.63, 3.8) is 0 Å². The molecular weight excluding hydrogens is 462 g/mol. The fourth-order valence-electron chi connectivity index (χ4n) is 4.44. The standard InChI is InChI=1S/C28H24ClN3O3/c1-16-23-9-5-18(13-24(23)28(34)32(16)2)19-11-20-12-22(35-27(20)25(29)14-19)8-7-21(33)6-3-17-4-10-26(30)31-15-17/h3-6,9-11,13-15,22H,1,7-8,12H2,2H3,(H2,30,31)/b6-3+. The smallest absolute Gasteiger partial charge is 0.258 e. The van der Waals surface area contributed by atoms with Crippen molar-refractivity contribution < 1.29 is 14.3 Å². The fraction of sp³-hybridized carbons (Fsp3) is 0.179. The second-order valence-corrected chi connectivity index (χ2v) is 9.22. The van der Waals surface area contributed by atoms with Gasteiger partial charge in [0.15, 0.2) is 5.78 Å². The van der Waals surface area contributed by atoms with Gasteiger partial charge in [0.05, 0.1) is 5.02 Å². The zero-order valence-electron chi connectivity index (χ0n) is 19.3. The van der Waals surface area contributed by atoms with E-state index in [4.69, 9.17) is 22.1 Å². The van der Waals surface area contributed by atoms with Gasteiger partial charge in [0.2, 0.25) is 0 Å². The Morgan fingerprint density at radius 2 is 2.06 bits per heavy atom. The summed E-state index contributed by atoms with van der Waals surface area (Å²) in [6.45, 7) is 3.99. The molecule has 0 aliphatic carbocycles. The maximum atomic E-state index is 12.5. The van der Waals surface area contributed by atoms with Gasteiger partial charge in [-0.2, -0.15) is 0 Å². The first-order chi connectivity index (χ1) is 16.8. The highest BCUT2D eigenvalue weighted by Gasteiger charge is 2.29. The third-order valence-electron chi connectivity index (χ3n) is 6.44. The average Bonchev–Trinajstić information content (AvgIpc) is 3.37. The van der Waals surface area contributed by atoms with Crippen molar-refractivity contribution in [3.8, 4) is 16.9 Å². The zero-order chi connectivity index (χ0) is 24.7. The Bertz CT molecular complexity index is 1400. The molecule has 0 fully saturated rings. The molecule has 0 spiro atoms. The third-order valence-corrected chi connectivity index (χ3v) is 6.72. The van der Waals surface area contributed by atoms with Crippen LogP contribution in [0.25, 0.3) is 22.9 Å². The van der Waals surface area contributed by atoms with Crippen molar-refractivity contribution in [1.29, 1.82) is 0 Å². The van der Waals surface area contributed by atoms with E-state index in [2.05, 4.69) is 17.6 Å². The van der Waals surface area contributed by atoms with Crippen LogP contribution in [0.2, 0.25) is 5.02 Å². The van der Waals surface area contributed by atoms with Gasteiger partial charge in [0.1, 0.15) is 17.7 Å². The lowest BCUT2D eigenvalue weighted by Gasteiger charge is -2.10. The van der Waals surface area contributed by atoms with Gasteiger partial charge in [-0.15, -0.1) is 0 Å². The van der Waals surface area contributed by atoms with Gasteiger partial charge in [-0.05, 0) is 71.2 Å². The average molecular weight is 486 g/mol. The van der Waals surface area contributed by atoms with Gasteiger partial charge < -0.3 is 15.4 Å². The molecule has 1 atom stereocenters. The normalized spacial score (nSPS) is 16.5. The molecule has 3 heterocycles. The Morgan fingerprint density at radius 1 is 1.23 bits per heavy atom. The summed E-state index contributed by atoms with van der Waals surface area (Å²) in [6, 6.07) is 13.2. The van der Waals surface area contributed by atoms with Crippen molar-refractivity contribution in [1.82, 2.24) is 9.88 Å². The summed E-state index contributed by atoms with van der Waals surface area (Å²) in [5.41, 5.74) is 11.4. The molecule has 1 amide bonds. The summed E-state index contributed by atoms with van der Waals surface area (Å²) >= 11 is 6.57. The maximum Gasteiger partial charge on any atom is 0.258 e. The second kappa shape index (κ2) is 9.04. The first-order valence-electron chi connectivity index (χ1n) is 11.3. The van der Waals surface area contributed by atoms with E-state index in [-0.39, 0.29) is 17.8 Å². The van der Waals surface area contributed by atoms with E-state index >= 15 is 0 Å². The van der Waals surface area contributed by atoms with Crippen LogP contribution in [0.5, 0.6) is 5.75 Å². The Morgan fingerprint density at radius 3 is 2.83 bits per heavy atom. The number of anilines is 1. The number of benzene rings is 2. The molecule has 176 valence electrons. The minimum Gasteiger partial charge on any atom is -0.488 e. The number of ether oxygens (including phenoxy) is 1. The van der Waals surface area contributed by atoms with E-state index in [0.29, 0.717) is 47.1 Å². The summed E-state index contributed by atoms with van der Waals surface area (Å²) in [4.78, 5) is 30.4. The molecule has 1 aromatic heterocycles. The van der Waals surface area contributed by atoms with Crippen LogP contribution in [0.3, 0.4) is 0 Å². The van der Waals surface area contributed by atoms with E-state index in [1.165, 1.54) is 0 Å². The first-order valence-corrected chi connectivity index (χ1v) is 11.7. The van der Waals surface area contributed by atoms with E-state index in [0.717, 1.165) is 27.8 Å². The maximum absolute atomic E-state index is 12.5. The summed E-state index contributed by atoms with van der Waals surface area (Å²) < 4.78 is 6.07. The van der Waals surface area contributed by atoms with Crippen LogP contribution >= 0.6 is 11.6 Å². The molecule has 3 aromatic rings. The van der Waals surface area contributed by atoms with Gasteiger partial charge in [0.25, 0.3) is 5.91 Å². The molecule has 0 saturated heterocycles. The monoisotopic (exact) mass is 485 g/mol. The van der Waals surface area contributed by atoms with Gasteiger partial charge in [0, 0.05) is 42.9 Å². The minimum atomic E-state index is -0.119. The summed E-state index contributed by atoms with van der Waals surface area (Å²) in [5, 5.41) is 0.524. The number of ketones is 1. The van der Waals surface area contributed by atoms with Crippen molar-refractivity contribution in [2.24, 2.45) is 0 Å². The largest absolute Gasteiger partial charge is 0.488 e. The van der Waals surface area contributed by atoms with Gasteiger partial charge in [-0.3, -0.25) is 9.59 Å². The number of amides is 1. The highest BCUT2D eigenvalue weighted by atomic mass is 35.5. The summed E-state index contributed by atoms with van der Waals surface area (Å²) in [7, 11) is 1.73. The zero-order valence-corrected chi connectivity index (χ0v) is 20.0. The van der Waals surface area contributed by atoms with Crippen molar-refractivity contribution in [2.75, 3.05) is 12.8 Å². The molecular formula is C28H24ClN3O3. The molecule has 35 heavy (non-hydrogen) atoms. The van der Waals surface area contributed by atoms with Gasteiger partial charge in [-0.25, -0.2) is 4.98 Å². The molecule has 2 N–H and O–H groups in total. The number of hydrogen-bond acceptors (Lipinski definition) is 5. The van der Waals surface area contributed by atoms with Gasteiger partial charge in [-0.1, -0.05) is 30.3 Å². The lowest BCUT2D eigenvalue weighted by Crippen LogP contribution is -2.16. The number of nitrogens with two attached hydrogens (primary N) is 1. The Hall–Kier alpha value is -3.90. The first kappa shape index (κ1) is 22.9. The highest BCUT2D eigenvalue weighted by Crippen LogP contribution is 2.41.